The smallest absolute Gasteiger partial charge is 0.329 e. The fraction of sp³-hybridized carbons (Fsp3) is 0.318. The predicted octanol–water partition coefficient (Wildman–Crippen LogP) is 3.07. The van der Waals surface area contributed by atoms with Gasteiger partial charge < -0.3 is 19.1 Å². The number of fused-ring (bicyclic) bond motifs is 1. The van der Waals surface area contributed by atoms with E-state index in [1.165, 1.54) is 5.56 Å². The quantitative estimate of drug-likeness (QED) is 0.696. The van der Waals surface area contributed by atoms with Gasteiger partial charge in [-0.05, 0) is 31.9 Å². The molecular weight excluding hydrogens is 370 g/mol. The van der Waals surface area contributed by atoms with Crippen molar-refractivity contribution in [1.29, 1.82) is 0 Å². The summed E-state index contributed by atoms with van der Waals surface area (Å²) in [5, 5.41) is 8.70. The number of rotatable bonds is 6. The van der Waals surface area contributed by atoms with Gasteiger partial charge in [0.15, 0.2) is 0 Å². The number of aryl methyl sites for hydroxylation is 1. The topological polar surface area (TPSA) is 84.1 Å². The Kier molecular flexibility index (Phi) is 5.31. The number of carbonyl (C=O) groups is 2. The van der Waals surface area contributed by atoms with Gasteiger partial charge in [0.25, 0.3) is 0 Å². The summed E-state index contributed by atoms with van der Waals surface area (Å²) in [6.07, 6.45) is 3.65. The van der Waals surface area contributed by atoms with Gasteiger partial charge >= 0.3 is 5.97 Å². The van der Waals surface area contributed by atoms with E-state index in [0.29, 0.717) is 6.54 Å². The molecule has 1 unspecified atom stereocenters. The van der Waals surface area contributed by atoms with E-state index in [2.05, 4.69) is 31.2 Å². The van der Waals surface area contributed by atoms with Gasteiger partial charge in [0, 0.05) is 18.3 Å². The molecule has 29 heavy (non-hydrogen) atoms. The van der Waals surface area contributed by atoms with Gasteiger partial charge in [-0.25, -0.2) is 9.78 Å². The van der Waals surface area contributed by atoms with Crippen LogP contribution in [0.5, 0.6) is 0 Å². The lowest BCUT2D eigenvalue weighted by Crippen LogP contribution is -2.34. The van der Waals surface area contributed by atoms with Crippen LogP contribution in [0.1, 0.15) is 30.3 Å². The number of hydrogen-bond acceptors (Lipinski definition) is 4. The van der Waals surface area contributed by atoms with E-state index in [1.54, 1.807) is 4.90 Å². The summed E-state index contributed by atoms with van der Waals surface area (Å²) >= 11 is 0. The molecule has 3 aromatic rings. The molecule has 0 bridgehead atoms. The second kappa shape index (κ2) is 8.05. The van der Waals surface area contributed by atoms with Crippen molar-refractivity contribution in [3.63, 3.8) is 0 Å². The molecule has 2 aromatic heterocycles. The minimum absolute atomic E-state index is 0.162. The lowest BCUT2D eigenvalue weighted by molar-refractivity contribution is -0.146. The molecule has 150 valence electrons. The Morgan fingerprint density at radius 1 is 1.17 bits per heavy atom. The van der Waals surface area contributed by atoms with Crippen molar-refractivity contribution in [3.05, 3.63) is 60.0 Å². The van der Waals surface area contributed by atoms with E-state index in [1.807, 2.05) is 28.8 Å². The molecule has 1 saturated heterocycles. The average molecular weight is 393 g/mol. The second-order valence-corrected chi connectivity index (χ2v) is 7.27. The maximum absolute atomic E-state index is 12.6. The first-order valence-corrected chi connectivity index (χ1v) is 9.67. The summed E-state index contributed by atoms with van der Waals surface area (Å²) in [6.45, 7) is 1.95. The summed E-state index contributed by atoms with van der Waals surface area (Å²) in [7, 11) is 0. The van der Waals surface area contributed by atoms with E-state index >= 15 is 0 Å². The lowest BCUT2D eigenvalue weighted by Gasteiger charge is -2.23. The predicted molar refractivity (Wildman–Crippen MR) is 108 cm³/mol. The third-order valence-corrected chi connectivity index (χ3v) is 5.22. The van der Waals surface area contributed by atoms with Crippen LogP contribution in [-0.2, 0) is 14.3 Å². The first kappa shape index (κ1) is 19.1. The average Bonchev–Trinajstić information content (AvgIpc) is 3.33. The van der Waals surface area contributed by atoms with Crippen molar-refractivity contribution in [3.8, 4) is 11.3 Å². The van der Waals surface area contributed by atoms with Crippen molar-refractivity contribution in [2.75, 3.05) is 19.8 Å². The maximum atomic E-state index is 12.6. The van der Waals surface area contributed by atoms with Crippen LogP contribution >= 0.6 is 0 Å². The highest BCUT2D eigenvalue weighted by Crippen LogP contribution is 2.35. The Labute approximate surface area is 168 Å². The van der Waals surface area contributed by atoms with Crippen molar-refractivity contribution in [1.82, 2.24) is 14.3 Å². The van der Waals surface area contributed by atoms with E-state index < -0.39 is 12.6 Å². The van der Waals surface area contributed by atoms with E-state index in [-0.39, 0.29) is 18.6 Å². The summed E-state index contributed by atoms with van der Waals surface area (Å²) in [5.41, 5.74) is 4.10. The molecule has 1 amide bonds. The molecule has 0 radical (unpaired) electrons. The second-order valence-electron chi connectivity index (χ2n) is 7.27. The van der Waals surface area contributed by atoms with Crippen molar-refractivity contribution in [2.24, 2.45) is 0 Å². The summed E-state index contributed by atoms with van der Waals surface area (Å²) in [4.78, 5) is 30.0. The standard InChI is InChI=1S/C22H23N3O4/c1-15-7-9-16(10-8-15)21-17-5-2-3-11-25(17)22(23-21)18-6-4-12-24(18)19(26)13-29-14-20(27)28/h2-3,5,7-11,18H,4,6,12-14H2,1H3,(H,27,28). The Balaban J connectivity index is 1.67. The Morgan fingerprint density at radius 2 is 1.97 bits per heavy atom. The molecule has 7 nitrogen and oxygen atoms in total. The largest absolute Gasteiger partial charge is 0.480 e. The van der Waals surface area contributed by atoms with E-state index in [4.69, 9.17) is 14.8 Å². The molecule has 3 heterocycles. The number of hydrogen-bond donors (Lipinski definition) is 1. The number of amides is 1. The van der Waals surface area contributed by atoms with Gasteiger partial charge in [0.1, 0.15) is 19.0 Å². The SMILES string of the molecule is Cc1ccc(-c2nc(C3CCCN3C(=O)COCC(=O)O)n3ccccc23)cc1. The zero-order valence-electron chi connectivity index (χ0n) is 16.2. The van der Waals surface area contributed by atoms with Crippen LogP contribution in [0.4, 0.5) is 0 Å². The third kappa shape index (κ3) is 3.86. The molecule has 1 aromatic carbocycles. The van der Waals surface area contributed by atoms with Gasteiger partial charge in [0.05, 0.1) is 17.3 Å². The summed E-state index contributed by atoms with van der Waals surface area (Å²) in [6, 6.07) is 14.1. The number of aromatic nitrogens is 2. The molecule has 0 aliphatic carbocycles. The number of nitrogens with zero attached hydrogens (tertiary/aromatic N) is 3. The minimum atomic E-state index is -1.09. The maximum Gasteiger partial charge on any atom is 0.329 e. The molecule has 1 N–H and O–H groups in total. The summed E-state index contributed by atoms with van der Waals surface area (Å²) < 4.78 is 7.05. The zero-order valence-corrected chi connectivity index (χ0v) is 16.2. The van der Waals surface area contributed by atoms with E-state index in [9.17, 15) is 9.59 Å². The fourth-order valence-electron chi connectivity index (χ4n) is 3.86. The van der Waals surface area contributed by atoms with Gasteiger partial charge in [-0.15, -0.1) is 0 Å². The zero-order chi connectivity index (χ0) is 20.4. The highest BCUT2D eigenvalue weighted by Gasteiger charge is 2.33. The number of carboxylic acid groups (broad SMARTS) is 1. The Morgan fingerprint density at radius 3 is 2.72 bits per heavy atom. The molecule has 0 saturated carbocycles. The molecule has 1 fully saturated rings. The van der Waals surface area contributed by atoms with Crippen LogP contribution in [0.15, 0.2) is 48.7 Å². The monoisotopic (exact) mass is 393 g/mol. The number of carboxylic acids is 1. The van der Waals surface area contributed by atoms with Crippen LogP contribution in [0.3, 0.4) is 0 Å². The molecule has 7 heteroatoms. The molecule has 1 aliphatic rings. The highest BCUT2D eigenvalue weighted by atomic mass is 16.5. The van der Waals surface area contributed by atoms with Gasteiger partial charge in [-0.2, -0.15) is 0 Å². The van der Waals surface area contributed by atoms with Crippen molar-refractivity contribution in [2.45, 2.75) is 25.8 Å². The van der Waals surface area contributed by atoms with Gasteiger partial charge in [-0.1, -0.05) is 35.9 Å². The number of likely N-dealkylation sites (tertiary alicyclic amines) is 1. The molecule has 1 aliphatic heterocycles. The molecule has 0 spiro atoms. The number of carbonyl (C=O) groups excluding carboxylic acids is 1. The molecular formula is C22H23N3O4. The lowest BCUT2D eigenvalue weighted by atomic mass is 10.1. The van der Waals surface area contributed by atoms with E-state index in [0.717, 1.165) is 35.4 Å². The number of imidazole rings is 1. The highest BCUT2D eigenvalue weighted by molar-refractivity contribution is 5.80. The van der Waals surface area contributed by atoms with Crippen LogP contribution in [0.25, 0.3) is 16.8 Å². The van der Waals surface area contributed by atoms with Gasteiger partial charge in [0.2, 0.25) is 5.91 Å². The minimum Gasteiger partial charge on any atom is -0.480 e. The van der Waals surface area contributed by atoms with Gasteiger partial charge in [-0.3, -0.25) is 4.79 Å². The van der Waals surface area contributed by atoms with Crippen LogP contribution in [0, 0.1) is 6.92 Å². The molecule has 1 atom stereocenters. The third-order valence-electron chi connectivity index (χ3n) is 5.22. The van der Waals surface area contributed by atoms with Crippen LogP contribution in [-0.4, -0.2) is 51.0 Å². The van der Waals surface area contributed by atoms with Crippen molar-refractivity contribution >= 4 is 17.4 Å². The number of pyridine rings is 1. The first-order valence-electron chi connectivity index (χ1n) is 9.67. The molecule has 4 rings (SSSR count). The first-order chi connectivity index (χ1) is 14.0. The van der Waals surface area contributed by atoms with Crippen molar-refractivity contribution < 1.29 is 19.4 Å². The van der Waals surface area contributed by atoms with Crippen LogP contribution in [0.2, 0.25) is 0 Å². The summed E-state index contributed by atoms with van der Waals surface area (Å²) in [5.74, 6) is -0.476. The number of aliphatic carboxylic acids is 1. The fourth-order valence-corrected chi connectivity index (χ4v) is 3.86. The Bertz CT molecular complexity index is 1040. The number of ether oxygens (including phenoxy) is 1. The Hall–Kier alpha value is -3.19. The normalized spacial score (nSPS) is 16.4. The number of benzene rings is 1. The van der Waals surface area contributed by atoms with Crippen LogP contribution < -0.4 is 0 Å².